The van der Waals surface area contributed by atoms with E-state index in [1.165, 1.54) is 0 Å². The van der Waals surface area contributed by atoms with Crippen LogP contribution in [0.15, 0.2) is 22.7 Å². The van der Waals surface area contributed by atoms with E-state index in [-0.39, 0.29) is 0 Å². The molecule has 0 saturated carbocycles. The summed E-state index contributed by atoms with van der Waals surface area (Å²) < 4.78 is 5.01. The Labute approximate surface area is 115 Å². The summed E-state index contributed by atoms with van der Waals surface area (Å²) in [4.78, 5) is 4.12. The van der Waals surface area contributed by atoms with Crippen LogP contribution in [0.3, 0.4) is 0 Å². The van der Waals surface area contributed by atoms with Crippen molar-refractivity contribution in [1.29, 1.82) is 0 Å². The summed E-state index contributed by atoms with van der Waals surface area (Å²) >= 11 is 12.0. The minimum absolute atomic E-state index is 0.636. The fraction of sp³-hybridized carbons (Fsp3) is 0.333. The molecule has 0 bridgehead atoms. The fourth-order valence-electron chi connectivity index (χ4n) is 1.54. The molecule has 96 valence electrons. The number of aromatic nitrogens is 2. The Balaban J connectivity index is 1.80. The van der Waals surface area contributed by atoms with Crippen molar-refractivity contribution in [3.8, 4) is 0 Å². The summed E-state index contributed by atoms with van der Waals surface area (Å²) in [7, 11) is 0. The maximum atomic E-state index is 6.06. The third-order valence-electron chi connectivity index (χ3n) is 2.41. The van der Waals surface area contributed by atoms with E-state index in [1.807, 2.05) is 6.07 Å². The van der Waals surface area contributed by atoms with Gasteiger partial charge in [-0.25, -0.2) is 0 Å². The molecular formula is C12H13Cl2N3O. The molecule has 2 rings (SSSR count). The third kappa shape index (κ3) is 3.70. The summed E-state index contributed by atoms with van der Waals surface area (Å²) in [6, 6.07) is 5.42. The molecule has 4 nitrogen and oxygen atoms in total. The molecule has 0 unspecified atom stereocenters. The lowest BCUT2D eigenvalue weighted by atomic mass is 10.2. The first-order valence-corrected chi connectivity index (χ1v) is 6.34. The van der Waals surface area contributed by atoms with Crippen molar-refractivity contribution in [2.24, 2.45) is 0 Å². The number of halogens is 2. The second-order valence-electron chi connectivity index (χ2n) is 3.90. The van der Waals surface area contributed by atoms with Crippen LogP contribution in [0.25, 0.3) is 0 Å². The van der Waals surface area contributed by atoms with Gasteiger partial charge in [-0.05, 0) is 30.7 Å². The summed E-state index contributed by atoms with van der Waals surface area (Å²) in [5.74, 6) is 1.29. The van der Waals surface area contributed by atoms with E-state index < -0.39 is 0 Å². The van der Waals surface area contributed by atoms with Crippen LogP contribution in [0.4, 0.5) is 0 Å². The number of nitrogens with zero attached hydrogens (tertiary/aromatic N) is 2. The van der Waals surface area contributed by atoms with Gasteiger partial charge in [0.1, 0.15) is 0 Å². The Bertz CT molecular complexity index is 528. The normalized spacial score (nSPS) is 10.8. The fourth-order valence-corrected chi connectivity index (χ4v) is 1.92. The van der Waals surface area contributed by atoms with Gasteiger partial charge in [-0.15, -0.1) is 0 Å². The van der Waals surface area contributed by atoms with Gasteiger partial charge in [0, 0.05) is 29.6 Å². The van der Waals surface area contributed by atoms with Gasteiger partial charge in [0.2, 0.25) is 5.89 Å². The van der Waals surface area contributed by atoms with Crippen molar-refractivity contribution in [2.75, 3.05) is 6.54 Å². The van der Waals surface area contributed by atoms with E-state index in [0.29, 0.717) is 34.7 Å². The molecule has 0 amide bonds. The van der Waals surface area contributed by atoms with Gasteiger partial charge in [0.25, 0.3) is 0 Å². The van der Waals surface area contributed by atoms with Crippen molar-refractivity contribution in [3.05, 3.63) is 45.5 Å². The quantitative estimate of drug-likeness (QED) is 0.858. The van der Waals surface area contributed by atoms with Crippen LogP contribution < -0.4 is 5.32 Å². The number of hydrogen-bond acceptors (Lipinski definition) is 4. The van der Waals surface area contributed by atoms with Crippen LogP contribution in [0, 0.1) is 6.92 Å². The van der Waals surface area contributed by atoms with Crippen LogP contribution >= 0.6 is 23.2 Å². The molecule has 0 fully saturated rings. The smallest absolute Gasteiger partial charge is 0.227 e. The first-order valence-electron chi connectivity index (χ1n) is 5.59. The highest BCUT2D eigenvalue weighted by molar-refractivity contribution is 6.33. The molecule has 0 aliphatic carbocycles. The molecule has 0 atom stereocenters. The first-order chi connectivity index (χ1) is 8.65. The highest BCUT2D eigenvalue weighted by atomic mass is 35.5. The predicted molar refractivity (Wildman–Crippen MR) is 70.9 cm³/mol. The molecule has 1 heterocycles. The summed E-state index contributed by atoms with van der Waals surface area (Å²) in [5.41, 5.74) is 0.978. The number of aryl methyl sites for hydroxylation is 1. The largest absolute Gasteiger partial charge is 0.339 e. The van der Waals surface area contributed by atoms with Crippen LogP contribution in [-0.2, 0) is 13.0 Å². The molecule has 0 aliphatic heterocycles. The zero-order valence-electron chi connectivity index (χ0n) is 9.91. The SMILES string of the molecule is Cc1noc(CCNCc2cc(Cl)ccc2Cl)n1. The van der Waals surface area contributed by atoms with Crippen LogP contribution in [0.2, 0.25) is 10.0 Å². The Hall–Kier alpha value is -1.10. The van der Waals surface area contributed by atoms with E-state index in [1.54, 1.807) is 19.1 Å². The van der Waals surface area contributed by atoms with Crippen molar-refractivity contribution in [2.45, 2.75) is 19.9 Å². The van der Waals surface area contributed by atoms with Gasteiger partial charge in [-0.2, -0.15) is 4.98 Å². The molecule has 0 spiro atoms. The molecule has 1 N–H and O–H groups in total. The third-order valence-corrected chi connectivity index (χ3v) is 3.01. The molecule has 1 aromatic heterocycles. The van der Waals surface area contributed by atoms with Gasteiger partial charge < -0.3 is 9.84 Å². The van der Waals surface area contributed by atoms with E-state index in [4.69, 9.17) is 27.7 Å². The summed E-state index contributed by atoms with van der Waals surface area (Å²) in [5, 5.41) is 8.38. The van der Waals surface area contributed by atoms with Crippen molar-refractivity contribution >= 4 is 23.2 Å². The lowest BCUT2D eigenvalue weighted by Crippen LogP contribution is -2.17. The number of hydrogen-bond donors (Lipinski definition) is 1. The van der Waals surface area contributed by atoms with E-state index in [0.717, 1.165) is 12.1 Å². The zero-order valence-corrected chi connectivity index (χ0v) is 11.4. The van der Waals surface area contributed by atoms with E-state index in [9.17, 15) is 0 Å². The lowest BCUT2D eigenvalue weighted by Gasteiger charge is -2.06. The molecular weight excluding hydrogens is 273 g/mol. The zero-order chi connectivity index (χ0) is 13.0. The monoisotopic (exact) mass is 285 g/mol. The van der Waals surface area contributed by atoms with Crippen molar-refractivity contribution in [3.63, 3.8) is 0 Å². The average Bonchev–Trinajstić information content (AvgIpc) is 2.75. The van der Waals surface area contributed by atoms with Crippen molar-refractivity contribution < 1.29 is 4.52 Å². The number of rotatable bonds is 5. The molecule has 2 aromatic rings. The second-order valence-corrected chi connectivity index (χ2v) is 4.74. The molecule has 6 heteroatoms. The highest BCUT2D eigenvalue weighted by Crippen LogP contribution is 2.20. The Morgan fingerprint density at radius 1 is 1.33 bits per heavy atom. The summed E-state index contributed by atoms with van der Waals surface area (Å²) in [6.07, 6.45) is 0.693. The van der Waals surface area contributed by atoms with Crippen molar-refractivity contribution in [1.82, 2.24) is 15.5 Å². The Morgan fingerprint density at radius 3 is 2.89 bits per heavy atom. The van der Waals surface area contributed by atoms with Crippen LogP contribution in [-0.4, -0.2) is 16.7 Å². The maximum absolute atomic E-state index is 6.06. The molecule has 0 radical (unpaired) electrons. The van der Waals surface area contributed by atoms with Gasteiger partial charge in [-0.3, -0.25) is 0 Å². The molecule has 18 heavy (non-hydrogen) atoms. The predicted octanol–water partition coefficient (Wildman–Crippen LogP) is 3.02. The van der Waals surface area contributed by atoms with Crippen LogP contribution in [0.5, 0.6) is 0 Å². The average molecular weight is 286 g/mol. The van der Waals surface area contributed by atoms with E-state index >= 15 is 0 Å². The van der Waals surface area contributed by atoms with Gasteiger partial charge >= 0.3 is 0 Å². The Morgan fingerprint density at radius 2 is 2.17 bits per heavy atom. The molecule has 0 aliphatic rings. The minimum atomic E-state index is 0.636. The lowest BCUT2D eigenvalue weighted by molar-refractivity contribution is 0.372. The van der Waals surface area contributed by atoms with Crippen LogP contribution in [0.1, 0.15) is 17.3 Å². The van der Waals surface area contributed by atoms with Gasteiger partial charge in [0.05, 0.1) is 0 Å². The van der Waals surface area contributed by atoms with E-state index in [2.05, 4.69) is 15.5 Å². The van der Waals surface area contributed by atoms with Gasteiger partial charge in [-0.1, -0.05) is 28.4 Å². The Kier molecular flexibility index (Phi) is 4.58. The first kappa shape index (κ1) is 13.3. The molecule has 0 saturated heterocycles. The second kappa shape index (κ2) is 6.18. The minimum Gasteiger partial charge on any atom is -0.339 e. The topological polar surface area (TPSA) is 51.0 Å². The number of benzene rings is 1. The standard InChI is InChI=1S/C12H13Cl2N3O/c1-8-16-12(18-17-8)4-5-15-7-9-6-10(13)2-3-11(9)14/h2-3,6,15H,4-5,7H2,1H3. The maximum Gasteiger partial charge on any atom is 0.227 e. The summed E-state index contributed by atoms with van der Waals surface area (Å²) in [6.45, 7) is 3.20. The van der Waals surface area contributed by atoms with Gasteiger partial charge in [0.15, 0.2) is 5.82 Å². The molecule has 1 aromatic carbocycles. The number of nitrogens with one attached hydrogen (secondary N) is 1. The highest BCUT2D eigenvalue weighted by Gasteiger charge is 2.03.